The first-order valence-electron chi connectivity index (χ1n) is 7.25. The number of furan rings is 1. The maximum atomic E-state index is 12.2. The van der Waals surface area contributed by atoms with Gasteiger partial charge >= 0.3 is 0 Å². The fourth-order valence-corrected chi connectivity index (χ4v) is 2.94. The number of hydrogen-bond donors (Lipinski definition) is 1. The van der Waals surface area contributed by atoms with Crippen LogP contribution in [0.4, 0.5) is 5.69 Å². The maximum Gasteiger partial charge on any atom is 0.291 e. The molecule has 2 aromatic carbocycles. The highest BCUT2D eigenvalue weighted by molar-refractivity contribution is 9.10. The zero-order valence-corrected chi connectivity index (χ0v) is 15.9. The minimum atomic E-state index is -0.339. The molecular weight excluding hydrogens is 429 g/mol. The third-order valence-corrected chi connectivity index (χ3v) is 4.26. The van der Waals surface area contributed by atoms with Gasteiger partial charge in [-0.3, -0.25) is 4.79 Å². The smallest absolute Gasteiger partial charge is 0.291 e. The third kappa shape index (κ3) is 4.78. The lowest BCUT2D eigenvalue weighted by Gasteiger charge is -2.06. The van der Waals surface area contributed by atoms with Crippen LogP contribution in [-0.2, 0) is 6.61 Å². The highest BCUT2D eigenvalue weighted by Gasteiger charge is 2.12. The Balaban J connectivity index is 1.62. The molecule has 0 fully saturated rings. The van der Waals surface area contributed by atoms with Crippen molar-refractivity contribution in [1.29, 1.82) is 0 Å². The lowest BCUT2D eigenvalue weighted by molar-refractivity contribution is 0.0992. The molecule has 0 unspecified atom stereocenters. The molecule has 3 rings (SSSR count). The summed E-state index contributed by atoms with van der Waals surface area (Å²) in [4.78, 5) is 12.2. The fraction of sp³-hybridized carbons (Fsp3) is 0.0556. The van der Waals surface area contributed by atoms with Gasteiger partial charge in [-0.2, -0.15) is 0 Å². The molecule has 0 aliphatic heterocycles. The van der Waals surface area contributed by atoms with Crippen molar-refractivity contribution >= 4 is 50.7 Å². The number of nitrogens with one attached hydrogen (secondary N) is 1. The molecule has 4 nitrogen and oxygen atoms in total. The molecule has 1 aromatic heterocycles. The molecule has 0 bridgehead atoms. The first-order valence-corrected chi connectivity index (χ1v) is 8.79. The second-order valence-electron chi connectivity index (χ2n) is 5.09. The molecular formula is C18H12BrCl2NO3. The van der Waals surface area contributed by atoms with Crippen LogP contribution < -0.4 is 10.1 Å². The summed E-state index contributed by atoms with van der Waals surface area (Å²) < 4.78 is 12.0. The van der Waals surface area contributed by atoms with E-state index >= 15 is 0 Å². The van der Waals surface area contributed by atoms with Crippen molar-refractivity contribution in [3.8, 4) is 5.75 Å². The van der Waals surface area contributed by atoms with E-state index in [2.05, 4.69) is 21.2 Å². The number of carbonyl (C=O) groups excluding carboxylic acids is 1. The predicted molar refractivity (Wildman–Crippen MR) is 102 cm³/mol. The number of halogens is 3. The van der Waals surface area contributed by atoms with Gasteiger partial charge in [0.15, 0.2) is 5.76 Å². The molecule has 1 N–H and O–H groups in total. The molecule has 0 spiro atoms. The second-order valence-corrected chi connectivity index (χ2v) is 6.85. The van der Waals surface area contributed by atoms with Crippen molar-refractivity contribution < 1.29 is 13.9 Å². The highest BCUT2D eigenvalue weighted by Crippen LogP contribution is 2.28. The van der Waals surface area contributed by atoms with Gasteiger partial charge in [-0.15, -0.1) is 0 Å². The van der Waals surface area contributed by atoms with Crippen molar-refractivity contribution in [2.75, 3.05) is 5.32 Å². The molecule has 1 heterocycles. The number of carbonyl (C=O) groups is 1. The van der Waals surface area contributed by atoms with Crippen LogP contribution in [0.3, 0.4) is 0 Å². The Hall–Kier alpha value is -1.95. The van der Waals surface area contributed by atoms with Crippen LogP contribution in [0.15, 0.2) is 63.5 Å². The van der Waals surface area contributed by atoms with E-state index in [0.29, 0.717) is 27.2 Å². The summed E-state index contributed by atoms with van der Waals surface area (Å²) >= 11 is 15.2. The van der Waals surface area contributed by atoms with E-state index in [1.807, 2.05) is 12.1 Å². The SMILES string of the molecule is O=C(Nc1cccc(Br)c1)c1ccc(COc2ccc(Cl)cc2Cl)o1. The standard InChI is InChI=1S/C18H12BrCl2NO3/c19-11-2-1-3-13(8-11)22-18(23)17-7-5-14(25-17)10-24-16-6-4-12(20)9-15(16)21/h1-9H,10H2,(H,22,23). The maximum absolute atomic E-state index is 12.2. The Morgan fingerprint density at radius 2 is 1.96 bits per heavy atom. The van der Waals surface area contributed by atoms with Crippen molar-refractivity contribution in [3.05, 3.63) is 80.6 Å². The van der Waals surface area contributed by atoms with Crippen LogP contribution in [-0.4, -0.2) is 5.91 Å². The topological polar surface area (TPSA) is 51.5 Å². The predicted octanol–water partition coefficient (Wildman–Crippen LogP) is 6.18. The zero-order valence-electron chi connectivity index (χ0n) is 12.8. The van der Waals surface area contributed by atoms with Gasteiger partial charge < -0.3 is 14.5 Å². The van der Waals surface area contributed by atoms with E-state index in [-0.39, 0.29) is 18.3 Å². The van der Waals surface area contributed by atoms with E-state index in [9.17, 15) is 4.79 Å². The van der Waals surface area contributed by atoms with Crippen molar-refractivity contribution in [2.24, 2.45) is 0 Å². The van der Waals surface area contributed by atoms with Gasteiger partial charge in [-0.05, 0) is 48.5 Å². The summed E-state index contributed by atoms with van der Waals surface area (Å²) in [7, 11) is 0. The Morgan fingerprint density at radius 1 is 1.12 bits per heavy atom. The summed E-state index contributed by atoms with van der Waals surface area (Å²) in [5, 5.41) is 3.70. The number of anilines is 1. The molecule has 128 valence electrons. The van der Waals surface area contributed by atoms with Crippen LogP contribution in [0.5, 0.6) is 5.75 Å². The van der Waals surface area contributed by atoms with Gasteiger partial charge in [-0.25, -0.2) is 0 Å². The van der Waals surface area contributed by atoms with Crippen LogP contribution >= 0.6 is 39.1 Å². The lowest BCUT2D eigenvalue weighted by atomic mass is 10.3. The summed E-state index contributed by atoms with van der Waals surface area (Å²) in [5.41, 5.74) is 0.668. The van der Waals surface area contributed by atoms with Gasteiger partial charge in [0.2, 0.25) is 0 Å². The molecule has 3 aromatic rings. The van der Waals surface area contributed by atoms with Gasteiger partial charge in [0.1, 0.15) is 18.1 Å². The van der Waals surface area contributed by atoms with Crippen molar-refractivity contribution in [3.63, 3.8) is 0 Å². The summed E-state index contributed by atoms with van der Waals surface area (Å²) in [6.45, 7) is 0.144. The van der Waals surface area contributed by atoms with Crippen LogP contribution in [0.25, 0.3) is 0 Å². The number of benzene rings is 2. The van der Waals surface area contributed by atoms with Gasteiger partial charge in [0, 0.05) is 15.2 Å². The Bertz CT molecular complexity index is 911. The third-order valence-electron chi connectivity index (χ3n) is 3.23. The Kier molecular flexibility index (Phi) is 5.68. The normalized spacial score (nSPS) is 10.5. The number of ether oxygens (including phenoxy) is 1. The van der Waals surface area contributed by atoms with Crippen LogP contribution in [0.1, 0.15) is 16.3 Å². The largest absolute Gasteiger partial charge is 0.484 e. The number of amides is 1. The molecule has 0 saturated carbocycles. The lowest BCUT2D eigenvalue weighted by Crippen LogP contribution is -2.10. The van der Waals surface area contributed by atoms with E-state index in [4.69, 9.17) is 32.4 Å². The van der Waals surface area contributed by atoms with Crippen LogP contribution in [0.2, 0.25) is 10.0 Å². The Labute approximate surface area is 162 Å². The first kappa shape index (κ1) is 17.9. The monoisotopic (exact) mass is 439 g/mol. The average Bonchev–Trinajstić information content (AvgIpc) is 3.03. The van der Waals surface area contributed by atoms with Crippen molar-refractivity contribution in [2.45, 2.75) is 6.61 Å². The highest BCUT2D eigenvalue weighted by atomic mass is 79.9. The minimum absolute atomic E-state index is 0.144. The number of hydrogen-bond acceptors (Lipinski definition) is 3. The zero-order chi connectivity index (χ0) is 17.8. The van der Waals surface area contributed by atoms with Crippen LogP contribution in [0, 0.1) is 0 Å². The molecule has 0 aliphatic rings. The number of rotatable bonds is 5. The molecule has 0 radical (unpaired) electrons. The molecule has 0 saturated heterocycles. The molecule has 0 aliphatic carbocycles. The van der Waals surface area contributed by atoms with Gasteiger partial charge in [0.05, 0.1) is 5.02 Å². The Morgan fingerprint density at radius 3 is 2.72 bits per heavy atom. The van der Waals surface area contributed by atoms with E-state index < -0.39 is 0 Å². The van der Waals surface area contributed by atoms with Gasteiger partial charge in [-0.1, -0.05) is 45.2 Å². The quantitative estimate of drug-likeness (QED) is 0.515. The summed E-state index contributed by atoms with van der Waals surface area (Å²) in [5.74, 6) is 0.850. The molecule has 1 amide bonds. The average molecular weight is 441 g/mol. The first-order chi connectivity index (χ1) is 12.0. The van der Waals surface area contributed by atoms with Gasteiger partial charge in [0.25, 0.3) is 5.91 Å². The summed E-state index contributed by atoms with van der Waals surface area (Å²) in [6.07, 6.45) is 0. The molecule has 25 heavy (non-hydrogen) atoms. The summed E-state index contributed by atoms with van der Waals surface area (Å²) in [6, 6.07) is 15.5. The molecule has 0 atom stereocenters. The second kappa shape index (κ2) is 7.95. The van der Waals surface area contributed by atoms with Crippen molar-refractivity contribution in [1.82, 2.24) is 0 Å². The van der Waals surface area contributed by atoms with E-state index in [1.54, 1.807) is 42.5 Å². The van der Waals surface area contributed by atoms with E-state index in [1.165, 1.54) is 0 Å². The fourth-order valence-electron chi connectivity index (χ4n) is 2.08. The molecule has 7 heteroatoms. The van der Waals surface area contributed by atoms with E-state index in [0.717, 1.165) is 4.47 Å². The minimum Gasteiger partial charge on any atom is -0.484 e.